The van der Waals surface area contributed by atoms with Crippen molar-refractivity contribution in [1.82, 2.24) is 9.97 Å². The maximum atomic E-state index is 5.00. The first-order chi connectivity index (χ1) is 15.7. The molecular formula is C30H26N2. The van der Waals surface area contributed by atoms with E-state index in [9.17, 15) is 0 Å². The van der Waals surface area contributed by atoms with Crippen molar-refractivity contribution in [3.63, 3.8) is 0 Å². The summed E-state index contributed by atoms with van der Waals surface area (Å²) in [6.07, 6.45) is 7.59. The zero-order chi connectivity index (χ0) is 21.9. The summed E-state index contributed by atoms with van der Waals surface area (Å²) < 4.78 is 0. The number of nitrogens with zero attached hydrogens (tertiary/aromatic N) is 2. The first-order valence-corrected chi connectivity index (χ1v) is 11.2. The molecule has 5 rings (SSSR count). The molecule has 4 aromatic rings. The molecule has 0 radical (unpaired) electrons. The molecule has 2 heteroatoms. The normalized spacial score (nSPS) is 15.4. The molecule has 1 aliphatic carbocycles. The Hall–Kier alpha value is -3.78. The Kier molecular flexibility index (Phi) is 5.51. The molecule has 0 fully saturated rings. The molecular weight excluding hydrogens is 388 g/mol. The molecule has 0 bridgehead atoms. The van der Waals surface area contributed by atoms with Crippen LogP contribution in [0.2, 0.25) is 0 Å². The monoisotopic (exact) mass is 414 g/mol. The van der Waals surface area contributed by atoms with Gasteiger partial charge in [0.15, 0.2) is 5.82 Å². The Labute approximate surface area is 190 Å². The third-order valence-corrected chi connectivity index (χ3v) is 6.03. The number of hydrogen-bond acceptors (Lipinski definition) is 2. The lowest BCUT2D eigenvalue weighted by Crippen LogP contribution is -2.05. The van der Waals surface area contributed by atoms with Crippen LogP contribution < -0.4 is 0 Å². The minimum absolute atomic E-state index is 0.435. The van der Waals surface area contributed by atoms with E-state index in [-0.39, 0.29) is 0 Å². The molecule has 0 amide bonds. The number of allylic oxidation sites excluding steroid dienone is 4. The van der Waals surface area contributed by atoms with E-state index >= 15 is 0 Å². The van der Waals surface area contributed by atoms with Crippen LogP contribution in [-0.2, 0) is 0 Å². The highest BCUT2D eigenvalue weighted by atomic mass is 14.9. The van der Waals surface area contributed by atoms with Crippen molar-refractivity contribution in [1.29, 1.82) is 0 Å². The first-order valence-electron chi connectivity index (χ1n) is 11.2. The summed E-state index contributed by atoms with van der Waals surface area (Å²) in [6, 6.07) is 29.7. The highest BCUT2D eigenvalue weighted by molar-refractivity contribution is 5.76. The third kappa shape index (κ3) is 4.17. The second kappa shape index (κ2) is 8.76. The third-order valence-electron chi connectivity index (χ3n) is 6.03. The largest absolute Gasteiger partial charge is 0.228 e. The topological polar surface area (TPSA) is 25.8 Å². The van der Waals surface area contributed by atoms with Gasteiger partial charge in [-0.15, -0.1) is 0 Å². The standard InChI is InChI=1S/C30H26N2/c1-21-15-17-24(18-16-21)30-31-28(20-29(32-30)27-14-7-6-9-22(27)2)26-13-8-12-25(19-26)23-10-4-3-5-11-23/h3-8,10-20,22H,9H2,1-2H3. The second-order valence-electron chi connectivity index (χ2n) is 8.46. The van der Waals surface area contributed by atoms with Gasteiger partial charge in [-0.25, -0.2) is 9.97 Å². The molecule has 0 N–H and O–H groups in total. The quantitative estimate of drug-likeness (QED) is 0.341. The molecule has 1 aliphatic rings. The van der Waals surface area contributed by atoms with E-state index in [1.165, 1.54) is 22.3 Å². The van der Waals surface area contributed by atoms with Crippen LogP contribution >= 0.6 is 0 Å². The van der Waals surface area contributed by atoms with Gasteiger partial charge in [0.25, 0.3) is 0 Å². The average molecular weight is 415 g/mol. The van der Waals surface area contributed by atoms with Crippen LogP contribution in [0, 0.1) is 12.8 Å². The molecule has 1 heterocycles. The van der Waals surface area contributed by atoms with Gasteiger partial charge in [0.2, 0.25) is 0 Å². The van der Waals surface area contributed by atoms with Crippen LogP contribution in [0.5, 0.6) is 0 Å². The summed E-state index contributed by atoms with van der Waals surface area (Å²) >= 11 is 0. The van der Waals surface area contributed by atoms with Crippen LogP contribution in [0.4, 0.5) is 0 Å². The fourth-order valence-electron chi connectivity index (χ4n) is 4.15. The Bertz CT molecular complexity index is 1300. The van der Waals surface area contributed by atoms with Gasteiger partial charge in [-0.2, -0.15) is 0 Å². The van der Waals surface area contributed by atoms with E-state index in [0.717, 1.165) is 34.8 Å². The van der Waals surface area contributed by atoms with Crippen LogP contribution in [0.3, 0.4) is 0 Å². The summed E-state index contributed by atoms with van der Waals surface area (Å²) in [5, 5.41) is 0. The number of aryl methyl sites for hydroxylation is 1. The highest BCUT2D eigenvalue weighted by Crippen LogP contribution is 2.33. The zero-order valence-electron chi connectivity index (χ0n) is 18.5. The molecule has 1 atom stereocenters. The lowest BCUT2D eigenvalue weighted by molar-refractivity contribution is 0.754. The summed E-state index contributed by atoms with van der Waals surface area (Å²) in [7, 11) is 0. The smallest absolute Gasteiger partial charge is 0.160 e. The Balaban J connectivity index is 1.66. The zero-order valence-corrected chi connectivity index (χ0v) is 18.5. The van der Waals surface area contributed by atoms with E-state index in [4.69, 9.17) is 9.97 Å². The summed E-state index contributed by atoms with van der Waals surface area (Å²) in [5.41, 5.74) is 8.99. The number of aromatic nitrogens is 2. The van der Waals surface area contributed by atoms with Crippen LogP contribution in [0.1, 0.15) is 24.6 Å². The van der Waals surface area contributed by atoms with Crippen molar-refractivity contribution in [3.05, 3.63) is 114 Å². The van der Waals surface area contributed by atoms with Gasteiger partial charge >= 0.3 is 0 Å². The van der Waals surface area contributed by atoms with E-state index in [1.807, 2.05) is 6.07 Å². The van der Waals surface area contributed by atoms with Gasteiger partial charge < -0.3 is 0 Å². The molecule has 32 heavy (non-hydrogen) atoms. The highest BCUT2D eigenvalue weighted by Gasteiger charge is 2.17. The van der Waals surface area contributed by atoms with Crippen molar-refractivity contribution in [2.75, 3.05) is 0 Å². The maximum absolute atomic E-state index is 5.00. The molecule has 0 aliphatic heterocycles. The lowest BCUT2D eigenvalue weighted by Gasteiger charge is -2.18. The second-order valence-corrected chi connectivity index (χ2v) is 8.46. The van der Waals surface area contributed by atoms with Crippen LogP contribution in [-0.4, -0.2) is 9.97 Å². The molecule has 156 valence electrons. The fraction of sp³-hybridized carbons (Fsp3) is 0.133. The minimum Gasteiger partial charge on any atom is -0.228 e. The van der Waals surface area contributed by atoms with Gasteiger partial charge in [0, 0.05) is 11.1 Å². The summed E-state index contributed by atoms with van der Waals surface area (Å²) in [6.45, 7) is 4.36. The predicted octanol–water partition coefficient (Wildman–Crippen LogP) is 7.77. The molecule has 0 spiro atoms. The number of hydrogen-bond donors (Lipinski definition) is 0. The van der Waals surface area contributed by atoms with Gasteiger partial charge in [-0.1, -0.05) is 104 Å². The van der Waals surface area contributed by atoms with Crippen molar-refractivity contribution in [2.24, 2.45) is 5.92 Å². The molecule has 0 saturated carbocycles. The van der Waals surface area contributed by atoms with E-state index in [0.29, 0.717) is 5.92 Å². The Morgan fingerprint density at radius 2 is 1.41 bits per heavy atom. The first kappa shape index (κ1) is 20.1. The molecule has 2 nitrogen and oxygen atoms in total. The molecule has 1 unspecified atom stereocenters. The van der Waals surface area contributed by atoms with E-state index < -0.39 is 0 Å². The van der Waals surface area contributed by atoms with Gasteiger partial charge in [0.05, 0.1) is 11.4 Å². The van der Waals surface area contributed by atoms with E-state index in [1.54, 1.807) is 0 Å². The van der Waals surface area contributed by atoms with E-state index in [2.05, 4.69) is 111 Å². The van der Waals surface area contributed by atoms with Crippen LogP contribution in [0.15, 0.2) is 103 Å². The molecule has 0 saturated heterocycles. The number of benzene rings is 3. The van der Waals surface area contributed by atoms with Crippen molar-refractivity contribution < 1.29 is 0 Å². The van der Waals surface area contributed by atoms with Gasteiger partial charge in [-0.05, 0) is 48.1 Å². The molecule has 1 aromatic heterocycles. The van der Waals surface area contributed by atoms with Crippen molar-refractivity contribution in [2.45, 2.75) is 20.3 Å². The van der Waals surface area contributed by atoms with Gasteiger partial charge in [-0.3, -0.25) is 0 Å². The SMILES string of the molecule is Cc1ccc(-c2nc(C3=CC=CCC3C)cc(-c3cccc(-c4ccccc4)c3)n2)cc1. The lowest BCUT2D eigenvalue weighted by atomic mass is 9.90. The number of rotatable bonds is 4. The van der Waals surface area contributed by atoms with Crippen molar-refractivity contribution in [3.8, 4) is 33.8 Å². The predicted molar refractivity (Wildman–Crippen MR) is 134 cm³/mol. The summed E-state index contributed by atoms with van der Waals surface area (Å²) in [4.78, 5) is 10.0. The minimum atomic E-state index is 0.435. The van der Waals surface area contributed by atoms with Crippen LogP contribution in [0.25, 0.3) is 39.3 Å². The maximum Gasteiger partial charge on any atom is 0.160 e. The fourth-order valence-corrected chi connectivity index (χ4v) is 4.15. The Morgan fingerprint density at radius 3 is 2.19 bits per heavy atom. The average Bonchev–Trinajstić information content (AvgIpc) is 2.85. The molecule has 3 aromatic carbocycles. The summed E-state index contributed by atoms with van der Waals surface area (Å²) in [5.74, 6) is 1.20. The van der Waals surface area contributed by atoms with Gasteiger partial charge in [0.1, 0.15) is 0 Å². The van der Waals surface area contributed by atoms with Crippen molar-refractivity contribution >= 4 is 5.57 Å². The Morgan fingerprint density at radius 1 is 0.688 bits per heavy atom.